The van der Waals surface area contributed by atoms with Crippen molar-refractivity contribution in [3.8, 4) is 0 Å². The van der Waals surface area contributed by atoms with E-state index in [0.29, 0.717) is 18.8 Å². The molecule has 0 aromatic carbocycles. The lowest BCUT2D eigenvalue weighted by atomic mass is 9.67. The average Bonchev–Trinajstić information content (AvgIpc) is 3.37. The van der Waals surface area contributed by atoms with Crippen LogP contribution in [0.5, 0.6) is 0 Å². The monoisotopic (exact) mass is 1070 g/mol. The third-order valence-corrected chi connectivity index (χ3v) is 16.3. The van der Waals surface area contributed by atoms with E-state index in [4.69, 9.17) is 9.47 Å². The highest BCUT2D eigenvalue weighted by Gasteiger charge is 2.37. The van der Waals surface area contributed by atoms with Gasteiger partial charge >= 0.3 is 11.9 Å². The second kappa shape index (κ2) is 42.9. The number of hydrogen-bond acceptors (Lipinski definition) is 4. The zero-order chi connectivity index (χ0) is 57.3. The van der Waals surface area contributed by atoms with Crippen LogP contribution >= 0.6 is 0 Å². The van der Waals surface area contributed by atoms with Crippen LogP contribution in [0.1, 0.15) is 295 Å². The van der Waals surface area contributed by atoms with Gasteiger partial charge in [0.25, 0.3) is 0 Å². The molecule has 0 radical (unpaired) electrons. The molecule has 2 aliphatic rings. The van der Waals surface area contributed by atoms with Crippen LogP contribution in [0.15, 0.2) is 130 Å². The first-order valence-corrected chi connectivity index (χ1v) is 32.3. The minimum absolute atomic E-state index is 0.00606. The fourth-order valence-electron chi connectivity index (χ4n) is 11.6. The highest BCUT2D eigenvalue weighted by Crippen LogP contribution is 2.44. The molecule has 0 heterocycles. The van der Waals surface area contributed by atoms with E-state index in [0.717, 1.165) is 44.9 Å². The topological polar surface area (TPSA) is 52.6 Å². The normalized spacial score (nSPS) is 19.6. The largest absolute Gasteiger partial charge is 0.462 e. The molecule has 0 aromatic heterocycles. The van der Waals surface area contributed by atoms with Crippen LogP contribution in [0.25, 0.3) is 0 Å². The van der Waals surface area contributed by atoms with Crippen molar-refractivity contribution in [3.05, 3.63) is 130 Å². The molecule has 78 heavy (non-hydrogen) atoms. The summed E-state index contributed by atoms with van der Waals surface area (Å²) in [6.45, 7) is 26.7. The molecule has 4 nitrogen and oxygen atoms in total. The number of unbranched alkanes of at least 4 members (excludes halogenated alkanes) is 26. The molecule has 0 bridgehead atoms. The molecule has 2 aliphatic carbocycles. The molecule has 440 valence electrons. The molecule has 0 saturated heterocycles. The zero-order valence-corrected chi connectivity index (χ0v) is 52.9. The Morgan fingerprint density at radius 2 is 0.859 bits per heavy atom. The number of carbonyl (C=O) groups is 2. The second-order valence-electron chi connectivity index (χ2n) is 25.3. The van der Waals surface area contributed by atoms with Crippen LogP contribution in [0, 0.1) is 16.7 Å². The van der Waals surface area contributed by atoms with Crippen LogP contribution in [-0.2, 0) is 19.1 Å². The molecule has 0 aliphatic heterocycles. The van der Waals surface area contributed by atoms with Crippen molar-refractivity contribution in [2.45, 2.75) is 307 Å². The Morgan fingerprint density at radius 1 is 0.487 bits per heavy atom. The van der Waals surface area contributed by atoms with Crippen molar-refractivity contribution in [2.24, 2.45) is 16.7 Å². The fourth-order valence-corrected chi connectivity index (χ4v) is 11.6. The minimum atomic E-state index is -0.143. The lowest BCUT2D eigenvalue weighted by molar-refractivity contribution is -0.151. The smallest absolute Gasteiger partial charge is 0.306 e. The number of rotatable bonds is 42. The van der Waals surface area contributed by atoms with Gasteiger partial charge < -0.3 is 9.47 Å². The van der Waals surface area contributed by atoms with Crippen LogP contribution in [-0.4, -0.2) is 24.1 Å². The molecule has 0 unspecified atom stereocenters. The van der Waals surface area contributed by atoms with Gasteiger partial charge in [0.05, 0.1) is 0 Å². The van der Waals surface area contributed by atoms with Gasteiger partial charge in [0.15, 0.2) is 0 Å². The first kappa shape index (κ1) is 70.2. The van der Waals surface area contributed by atoms with Crippen molar-refractivity contribution < 1.29 is 19.1 Å². The summed E-state index contributed by atoms with van der Waals surface area (Å²) in [4.78, 5) is 25.6. The van der Waals surface area contributed by atoms with E-state index < -0.39 is 0 Å². The van der Waals surface area contributed by atoms with Gasteiger partial charge in [-0.05, 0) is 89.7 Å². The third-order valence-electron chi connectivity index (χ3n) is 16.3. The van der Waals surface area contributed by atoms with Gasteiger partial charge in [-0.25, -0.2) is 0 Å². The minimum Gasteiger partial charge on any atom is -0.462 e. The Hall–Kier alpha value is -3.92. The van der Waals surface area contributed by atoms with Gasteiger partial charge in [-0.15, -0.1) is 0 Å². The van der Waals surface area contributed by atoms with Crippen molar-refractivity contribution in [3.63, 3.8) is 0 Å². The van der Waals surface area contributed by atoms with Crippen molar-refractivity contribution in [2.75, 3.05) is 0 Å². The first-order chi connectivity index (χ1) is 37.5. The molecular weight excluding hydrogens is 953 g/mol. The standard InChI is InChI=1S/C74H120O4/c1-13-15-17-19-21-23-25-27-28-30-32-34-36-38-40-52-72(76)78-68-58-66(8)70(74(11,12)60-68)56-54-64(6)50-44-48-62(4)46-42-41-45-61(3)47-43-49-63(5)53-55-69-65(7)57-67(59-73(69,9)10)77-71(75)51-39-37-35-33-31-29-26-24-22-20-18-16-14-2/h41-50,53-56,58,67-68,70H,13-40,51-52,57,59-60H2,1-12H3/b42-41+,47-43+,48-44+,55-53+,56-54+,61-45+,62-46+,63-49+,64-50+/t67-,68+,70+/m1/s1. The summed E-state index contributed by atoms with van der Waals surface area (Å²) in [5, 5.41) is 0. The van der Waals surface area contributed by atoms with E-state index in [2.05, 4.69) is 174 Å². The zero-order valence-electron chi connectivity index (χ0n) is 52.9. The first-order valence-electron chi connectivity index (χ1n) is 32.3. The van der Waals surface area contributed by atoms with Crippen molar-refractivity contribution in [1.82, 2.24) is 0 Å². The summed E-state index contributed by atoms with van der Waals surface area (Å²) in [5.74, 6) is 0.226. The quantitative estimate of drug-likeness (QED) is 0.0265. The number of ether oxygens (including phenoxy) is 2. The van der Waals surface area contributed by atoms with E-state index in [-0.39, 0.29) is 35.0 Å². The van der Waals surface area contributed by atoms with Gasteiger partial charge in [-0.3, -0.25) is 9.59 Å². The van der Waals surface area contributed by atoms with Crippen molar-refractivity contribution >= 4 is 11.9 Å². The van der Waals surface area contributed by atoms with Crippen LogP contribution < -0.4 is 0 Å². The third kappa shape index (κ3) is 34.3. The SMILES string of the molecule is CCCCCCCCCCCCCCCCCC(=O)O[C@H]1C=C(C)[C@H](/C=C/C(C)=C/C=C/C(C)=C/C=C/C=C(C)/C=C/C=C(C)/C=C/C2=C(C)C[C@@H](OC(=O)CCCCCCCCCCCCCCC)CC2(C)C)C(C)(C)C1. The number of hydrogen-bond donors (Lipinski definition) is 0. The fraction of sp³-hybridized carbons (Fsp3) is 0.676. The van der Waals surface area contributed by atoms with E-state index in [1.165, 1.54) is 193 Å². The van der Waals surface area contributed by atoms with Gasteiger partial charge in [0.2, 0.25) is 0 Å². The Labute approximate surface area is 482 Å². The van der Waals surface area contributed by atoms with Gasteiger partial charge in [-0.2, -0.15) is 0 Å². The maximum atomic E-state index is 12.8. The van der Waals surface area contributed by atoms with Gasteiger partial charge in [0.1, 0.15) is 12.2 Å². The molecule has 4 heteroatoms. The molecule has 3 atom stereocenters. The van der Waals surface area contributed by atoms with E-state index >= 15 is 0 Å². The van der Waals surface area contributed by atoms with Crippen molar-refractivity contribution in [1.29, 1.82) is 0 Å². The van der Waals surface area contributed by atoms with Gasteiger partial charge in [-0.1, -0.05) is 327 Å². The summed E-state index contributed by atoms with van der Waals surface area (Å²) in [6, 6.07) is 0. The lowest BCUT2D eigenvalue weighted by Gasteiger charge is -2.40. The lowest BCUT2D eigenvalue weighted by Crippen LogP contribution is -2.34. The summed E-state index contributed by atoms with van der Waals surface area (Å²) in [5.41, 5.74) is 8.64. The second-order valence-corrected chi connectivity index (χ2v) is 25.3. The molecule has 2 rings (SSSR count). The Balaban J connectivity index is 1.71. The van der Waals surface area contributed by atoms with E-state index in [1.807, 2.05) is 0 Å². The molecule has 0 saturated carbocycles. The maximum Gasteiger partial charge on any atom is 0.306 e. The van der Waals surface area contributed by atoms with E-state index in [9.17, 15) is 9.59 Å². The number of allylic oxidation sites excluding steroid dienone is 20. The predicted octanol–water partition coefficient (Wildman–Crippen LogP) is 23.2. The molecule has 0 N–H and O–H groups in total. The van der Waals surface area contributed by atoms with Crippen LogP contribution in [0.3, 0.4) is 0 Å². The summed E-state index contributed by atoms with van der Waals surface area (Å²) < 4.78 is 12.0. The Kier molecular flexibility index (Phi) is 38.6. The van der Waals surface area contributed by atoms with E-state index in [1.54, 1.807) is 0 Å². The molecular formula is C74H120O4. The summed E-state index contributed by atoms with van der Waals surface area (Å²) in [6.07, 6.45) is 72.8. The molecule has 0 amide bonds. The summed E-state index contributed by atoms with van der Waals surface area (Å²) >= 11 is 0. The van der Waals surface area contributed by atoms with Crippen LogP contribution in [0.4, 0.5) is 0 Å². The van der Waals surface area contributed by atoms with Crippen LogP contribution in [0.2, 0.25) is 0 Å². The Bertz CT molecular complexity index is 2010. The average molecular weight is 1070 g/mol. The number of esters is 2. The molecule has 0 fully saturated rings. The molecule has 0 spiro atoms. The van der Waals surface area contributed by atoms with Gasteiger partial charge in [0, 0.05) is 25.2 Å². The maximum absolute atomic E-state index is 12.8. The predicted molar refractivity (Wildman–Crippen MR) is 342 cm³/mol. The highest BCUT2D eigenvalue weighted by molar-refractivity contribution is 5.70. The molecule has 0 aromatic rings. The summed E-state index contributed by atoms with van der Waals surface area (Å²) in [7, 11) is 0. The number of carbonyl (C=O) groups excluding carboxylic acids is 2. The Morgan fingerprint density at radius 3 is 1.27 bits per heavy atom. The highest BCUT2D eigenvalue weighted by atomic mass is 16.5.